The molecule has 24 heavy (non-hydrogen) atoms. The molecule has 0 aliphatic rings. The van der Waals surface area contributed by atoms with Crippen molar-refractivity contribution in [1.29, 1.82) is 5.26 Å². The summed E-state index contributed by atoms with van der Waals surface area (Å²) in [5.74, 6) is 0.126. The van der Waals surface area contributed by atoms with E-state index in [4.69, 9.17) is 22.6 Å². The summed E-state index contributed by atoms with van der Waals surface area (Å²) in [5, 5.41) is 12.9. The number of alkyl halides is 3. The topological polar surface area (TPSA) is 84.7 Å². The van der Waals surface area contributed by atoms with Gasteiger partial charge in [-0.3, -0.25) is 4.21 Å². The number of hydrogen-bond donors (Lipinski definition) is 1. The van der Waals surface area contributed by atoms with Crippen molar-refractivity contribution in [2.45, 2.75) is 24.9 Å². The van der Waals surface area contributed by atoms with Gasteiger partial charge in [0.2, 0.25) is 0 Å². The molecule has 2 aromatic rings. The summed E-state index contributed by atoms with van der Waals surface area (Å²) in [5.41, 5.74) is 5.15. The largest absolute Gasteiger partial charge is 0.416 e. The van der Waals surface area contributed by atoms with Gasteiger partial charge < -0.3 is 5.73 Å². The molecule has 0 aliphatic heterocycles. The first-order chi connectivity index (χ1) is 11.1. The first-order valence-electron chi connectivity index (χ1n) is 6.66. The van der Waals surface area contributed by atoms with E-state index in [-0.39, 0.29) is 38.4 Å². The van der Waals surface area contributed by atoms with Crippen LogP contribution in [0.4, 0.5) is 19.0 Å². The molecule has 0 saturated carbocycles. The van der Waals surface area contributed by atoms with Crippen LogP contribution in [0, 0.1) is 18.3 Å². The molecule has 0 radical (unpaired) electrons. The molecule has 1 atom stereocenters. The molecule has 0 bridgehead atoms. The molecule has 1 unspecified atom stereocenters. The third-order valence-corrected chi connectivity index (χ3v) is 4.94. The van der Waals surface area contributed by atoms with E-state index in [0.29, 0.717) is 0 Å². The van der Waals surface area contributed by atoms with Crippen molar-refractivity contribution in [3.05, 3.63) is 34.0 Å². The first kappa shape index (κ1) is 18.3. The van der Waals surface area contributed by atoms with Crippen LogP contribution < -0.4 is 5.73 Å². The highest BCUT2D eigenvalue weighted by Crippen LogP contribution is 2.36. The maximum atomic E-state index is 12.8. The molecular formula is C14H12ClF3N4OS. The van der Waals surface area contributed by atoms with Gasteiger partial charge in [-0.15, -0.1) is 0 Å². The van der Waals surface area contributed by atoms with Crippen LogP contribution in [0.3, 0.4) is 0 Å². The molecule has 0 aliphatic carbocycles. The van der Waals surface area contributed by atoms with Gasteiger partial charge in [-0.05, 0) is 24.6 Å². The fourth-order valence-corrected chi connectivity index (χ4v) is 3.45. The van der Waals surface area contributed by atoms with Crippen LogP contribution in [0.15, 0.2) is 17.0 Å². The van der Waals surface area contributed by atoms with E-state index in [1.165, 1.54) is 6.92 Å². The number of aryl methyl sites for hydroxylation is 1. The number of nitrogens with zero attached hydrogens (tertiary/aromatic N) is 3. The molecule has 10 heteroatoms. The summed E-state index contributed by atoms with van der Waals surface area (Å²) in [6, 6.07) is 3.45. The van der Waals surface area contributed by atoms with Crippen molar-refractivity contribution in [2.24, 2.45) is 0 Å². The molecule has 1 aromatic heterocycles. The molecule has 5 nitrogen and oxygen atoms in total. The Kier molecular flexibility index (Phi) is 4.92. The smallest absolute Gasteiger partial charge is 0.383 e. The number of rotatable bonds is 3. The Balaban J connectivity index is 2.73. The average Bonchev–Trinajstić information content (AvgIpc) is 2.81. The molecule has 0 saturated heterocycles. The third-order valence-electron chi connectivity index (χ3n) is 3.26. The highest BCUT2D eigenvalue weighted by Gasteiger charge is 2.32. The standard InChI is InChI=1S/C14H12ClF3N4OS/c1-3-24(23)12-10(6-19)21-22(13(12)20)11-7(2)4-8(5-9(11)15)14(16,17)18/h4-5H,3,20H2,1-2H3. The fraction of sp³-hybridized carbons (Fsp3) is 0.286. The van der Waals surface area contributed by atoms with Gasteiger partial charge in [0.1, 0.15) is 16.8 Å². The normalized spacial score (nSPS) is 12.9. The Morgan fingerprint density at radius 1 is 1.46 bits per heavy atom. The van der Waals surface area contributed by atoms with Gasteiger partial charge in [-0.1, -0.05) is 18.5 Å². The quantitative estimate of drug-likeness (QED) is 0.889. The van der Waals surface area contributed by atoms with Gasteiger partial charge in [-0.2, -0.15) is 23.5 Å². The van der Waals surface area contributed by atoms with Crippen molar-refractivity contribution in [1.82, 2.24) is 9.78 Å². The Bertz CT molecular complexity index is 847. The monoisotopic (exact) mass is 376 g/mol. The number of anilines is 1. The molecule has 0 fully saturated rings. The van der Waals surface area contributed by atoms with E-state index in [1.54, 1.807) is 13.0 Å². The summed E-state index contributed by atoms with van der Waals surface area (Å²) in [6.07, 6.45) is -4.55. The van der Waals surface area contributed by atoms with E-state index in [1.807, 2.05) is 0 Å². The highest BCUT2D eigenvalue weighted by atomic mass is 35.5. The Morgan fingerprint density at radius 3 is 2.54 bits per heavy atom. The van der Waals surface area contributed by atoms with Gasteiger partial charge in [0.15, 0.2) is 5.69 Å². The first-order valence-corrected chi connectivity index (χ1v) is 8.36. The fourth-order valence-electron chi connectivity index (χ4n) is 2.20. The molecule has 0 spiro atoms. The Morgan fingerprint density at radius 2 is 2.08 bits per heavy atom. The predicted molar refractivity (Wildman–Crippen MR) is 84.4 cm³/mol. The lowest BCUT2D eigenvalue weighted by atomic mass is 10.1. The second-order valence-electron chi connectivity index (χ2n) is 4.84. The van der Waals surface area contributed by atoms with Crippen LogP contribution >= 0.6 is 11.6 Å². The zero-order chi connectivity index (χ0) is 18.2. The van der Waals surface area contributed by atoms with Crippen molar-refractivity contribution in [3.8, 4) is 11.8 Å². The van der Waals surface area contributed by atoms with Gasteiger partial charge in [0.25, 0.3) is 0 Å². The van der Waals surface area contributed by atoms with Crippen LogP contribution in [-0.2, 0) is 17.0 Å². The number of nitrogens with two attached hydrogens (primary N) is 1. The Hall–Kier alpha value is -2.05. The van der Waals surface area contributed by atoms with E-state index in [9.17, 15) is 17.4 Å². The molecule has 1 heterocycles. The minimum atomic E-state index is -4.55. The minimum Gasteiger partial charge on any atom is -0.383 e. The molecule has 2 N–H and O–H groups in total. The zero-order valence-electron chi connectivity index (χ0n) is 12.6. The third kappa shape index (κ3) is 3.12. The lowest BCUT2D eigenvalue weighted by Crippen LogP contribution is -2.10. The van der Waals surface area contributed by atoms with E-state index < -0.39 is 22.5 Å². The molecule has 0 amide bonds. The predicted octanol–water partition coefficient (Wildman–Crippen LogP) is 3.43. The molecule has 128 valence electrons. The van der Waals surface area contributed by atoms with Crippen LogP contribution in [-0.4, -0.2) is 19.7 Å². The van der Waals surface area contributed by atoms with Crippen LogP contribution in [0.5, 0.6) is 0 Å². The van der Waals surface area contributed by atoms with Gasteiger partial charge in [0.05, 0.1) is 27.1 Å². The second kappa shape index (κ2) is 6.45. The van der Waals surface area contributed by atoms with E-state index in [2.05, 4.69) is 5.10 Å². The van der Waals surface area contributed by atoms with Crippen LogP contribution in [0.1, 0.15) is 23.7 Å². The number of nitriles is 1. The number of nitrogen functional groups attached to an aromatic ring is 1. The number of aromatic nitrogens is 2. The summed E-state index contributed by atoms with van der Waals surface area (Å²) in [7, 11) is -1.55. The summed E-state index contributed by atoms with van der Waals surface area (Å²) in [6.45, 7) is 3.06. The molecular weight excluding hydrogens is 365 g/mol. The summed E-state index contributed by atoms with van der Waals surface area (Å²) < 4.78 is 51.7. The SMILES string of the molecule is CCS(=O)c1c(C#N)nn(-c2c(C)cc(C(F)(F)F)cc2Cl)c1N. The Labute approximate surface area is 143 Å². The van der Waals surface area contributed by atoms with Crippen molar-refractivity contribution >= 4 is 28.2 Å². The second-order valence-corrected chi connectivity index (χ2v) is 6.93. The van der Waals surface area contributed by atoms with Crippen molar-refractivity contribution in [3.63, 3.8) is 0 Å². The number of benzene rings is 1. The van der Waals surface area contributed by atoms with Crippen molar-refractivity contribution in [2.75, 3.05) is 11.5 Å². The summed E-state index contributed by atoms with van der Waals surface area (Å²) >= 11 is 5.99. The lowest BCUT2D eigenvalue weighted by Gasteiger charge is -2.14. The molecule has 1 aromatic carbocycles. The van der Waals surface area contributed by atoms with E-state index in [0.717, 1.165) is 16.8 Å². The van der Waals surface area contributed by atoms with Crippen LogP contribution in [0.25, 0.3) is 5.69 Å². The average molecular weight is 377 g/mol. The lowest BCUT2D eigenvalue weighted by molar-refractivity contribution is -0.137. The molecule has 2 rings (SSSR count). The maximum absolute atomic E-state index is 12.8. The maximum Gasteiger partial charge on any atom is 0.416 e. The van der Waals surface area contributed by atoms with Crippen LogP contribution in [0.2, 0.25) is 5.02 Å². The van der Waals surface area contributed by atoms with Gasteiger partial charge >= 0.3 is 6.18 Å². The van der Waals surface area contributed by atoms with Gasteiger partial charge in [0, 0.05) is 5.75 Å². The van der Waals surface area contributed by atoms with E-state index >= 15 is 0 Å². The minimum absolute atomic E-state index is 0.0513. The summed E-state index contributed by atoms with van der Waals surface area (Å²) in [4.78, 5) is 0.0513. The van der Waals surface area contributed by atoms with Gasteiger partial charge in [-0.25, -0.2) is 4.68 Å². The number of hydrogen-bond acceptors (Lipinski definition) is 4. The zero-order valence-corrected chi connectivity index (χ0v) is 14.2. The number of halogens is 4. The van der Waals surface area contributed by atoms with Crippen molar-refractivity contribution < 1.29 is 17.4 Å². The highest BCUT2D eigenvalue weighted by molar-refractivity contribution is 7.85.